The number of amides is 1. The van der Waals surface area contributed by atoms with Gasteiger partial charge in [-0.2, -0.15) is 0 Å². The van der Waals surface area contributed by atoms with Crippen molar-refractivity contribution in [3.05, 3.63) is 0 Å². The Morgan fingerprint density at radius 3 is 2.93 bits per heavy atom. The third kappa shape index (κ3) is 2.63. The van der Waals surface area contributed by atoms with Crippen molar-refractivity contribution in [2.45, 2.75) is 12.5 Å². The molecule has 1 amide bonds. The zero-order valence-electron chi connectivity index (χ0n) is 7.86. The van der Waals surface area contributed by atoms with E-state index in [0.717, 1.165) is 0 Å². The zero-order valence-corrected chi connectivity index (χ0v) is 10.3. The molecule has 6 heteroatoms. The molecule has 1 atom stereocenters. The Bertz CT molecular complexity index is 237. The van der Waals surface area contributed by atoms with E-state index in [-0.39, 0.29) is 11.9 Å². The summed E-state index contributed by atoms with van der Waals surface area (Å²) in [7, 11) is 1.35. The van der Waals surface area contributed by atoms with E-state index < -0.39 is 6.04 Å². The summed E-state index contributed by atoms with van der Waals surface area (Å²) in [6, 6.07) is -0.392. The van der Waals surface area contributed by atoms with Crippen molar-refractivity contribution in [1.82, 2.24) is 4.90 Å². The number of rotatable bonds is 3. The lowest BCUT2D eigenvalue weighted by Crippen LogP contribution is -2.42. The van der Waals surface area contributed by atoms with Gasteiger partial charge in [0, 0.05) is 17.5 Å². The minimum Gasteiger partial charge on any atom is -0.467 e. The molecule has 0 bridgehead atoms. The molecule has 1 unspecified atom stereocenters. The number of hydrogen-bond acceptors (Lipinski definition) is 4. The highest BCUT2D eigenvalue weighted by atomic mass is 79.9. The van der Waals surface area contributed by atoms with Gasteiger partial charge < -0.3 is 9.64 Å². The minimum absolute atomic E-state index is 0.00211. The largest absolute Gasteiger partial charge is 0.467 e. The maximum atomic E-state index is 11.6. The fourth-order valence-corrected chi connectivity index (χ4v) is 2.75. The van der Waals surface area contributed by atoms with Gasteiger partial charge in [-0.15, -0.1) is 11.8 Å². The Balaban J connectivity index is 2.59. The van der Waals surface area contributed by atoms with E-state index in [9.17, 15) is 9.59 Å². The molecule has 0 spiro atoms. The molecule has 0 aromatic rings. The molecule has 0 saturated carbocycles. The van der Waals surface area contributed by atoms with Gasteiger partial charge in [0.2, 0.25) is 5.91 Å². The van der Waals surface area contributed by atoms with Crippen LogP contribution in [0, 0.1) is 0 Å². The molecular formula is C8H12BrNO3S. The van der Waals surface area contributed by atoms with Crippen molar-refractivity contribution in [3.8, 4) is 0 Å². The summed E-state index contributed by atoms with van der Waals surface area (Å²) in [4.78, 5) is 24.4. The van der Waals surface area contributed by atoms with Gasteiger partial charge in [-0.05, 0) is 0 Å². The van der Waals surface area contributed by atoms with E-state index >= 15 is 0 Å². The third-order valence-electron chi connectivity index (χ3n) is 1.98. The number of halogens is 1. The molecule has 1 aliphatic heterocycles. The lowest BCUT2D eigenvalue weighted by atomic mass is 10.3. The molecule has 0 aromatic heterocycles. The topological polar surface area (TPSA) is 46.6 Å². The molecule has 80 valence electrons. The first kappa shape index (κ1) is 11.8. The fourth-order valence-electron chi connectivity index (χ4n) is 1.24. The van der Waals surface area contributed by atoms with Crippen LogP contribution >= 0.6 is 27.7 Å². The van der Waals surface area contributed by atoms with Crippen LogP contribution in [0.4, 0.5) is 0 Å². The summed E-state index contributed by atoms with van der Waals surface area (Å²) in [5.41, 5.74) is 0. The van der Waals surface area contributed by atoms with E-state index in [1.807, 2.05) is 0 Å². The van der Waals surface area contributed by atoms with E-state index in [1.54, 1.807) is 16.7 Å². The standard InChI is InChI=1S/C8H12BrNO3S/c1-13-8(12)6-4-14-5-10(6)7(11)2-3-9/h6H,2-5H2,1H3. The van der Waals surface area contributed by atoms with Crippen LogP contribution in [0.3, 0.4) is 0 Å². The van der Waals surface area contributed by atoms with Crippen LogP contribution in [-0.2, 0) is 14.3 Å². The number of carbonyl (C=O) groups is 2. The second kappa shape index (κ2) is 5.60. The first-order valence-corrected chi connectivity index (χ1v) is 6.49. The molecule has 1 rings (SSSR count). The minimum atomic E-state index is -0.392. The fraction of sp³-hybridized carbons (Fsp3) is 0.750. The number of nitrogens with zero attached hydrogens (tertiary/aromatic N) is 1. The van der Waals surface area contributed by atoms with Crippen LogP contribution in [0.5, 0.6) is 0 Å². The lowest BCUT2D eigenvalue weighted by molar-refractivity contribution is -0.150. The molecule has 0 aliphatic carbocycles. The van der Waals surface area contributed by atoms with E-state index in [4.69, 9.17) is 0 Å². The van der Waals surface area contributed by atoms with Gasteiger partial charge in [-0.25, -0.2) is 4.79 Å². The number of thioether (sulfide) groups is 1. The second-order valence-electron chi connectivity index (χ2n) is 2.84. The van der Waals surface area contributed by atoms with Crippen molar-refractivity contribution >= 4 is 39.6 Å². The van der Waals surface area contributed by atoms with E-state index in [0.29, 0.717) is 23.4 Å². The number of alkyl halides is 1. The van der Waals surface area contributed by atoms with Gasteiger partial charge in [0.05, 0.1) is 13.0 Å². The van der Waals surface area contributed by atoms with Crippen LogP contribution in [0.1, 0.15) is 6.42 Å². The van der Waals surface area contributed by atoms with Gasteiger partial charge in [-0.1, -0.05) is 15.9 Å². The average molecular weight is 282 g/mol. The number of hydrogen-bond donors (Lipinski definition) is 0. The van der Waals surface area contributed by atoms with Gasteiger partial charge in [0.25, 0.3) is 0 Å². The molecule has 1 aliphatic rings. The molecule has 1 fully saturated rings. The van der Waals surface area contributed by atoms with Gasteiger partial charge in [0.15, 0.2) is 0 Å². The molecular weight excluding hydrogens is 270 g/mol. The summed E-state index contributed by atoms with van der Waals surface area (Å²) < 4.78 is 4.63. The lowest BCUT2D eigenvalue weighted by Gasteiger charge is -2.21. The van der Waals surface area contributed by atoms with Gasteiger partial charge in [0.1, 0.15) is 6.04 Å². The summed E-state index contributed by atoms with van der Waals surface area (Å²) in [5, 5.41) is 0.626. The number of esters is 1. The van der Waals surface area contributed by atoms with E-state index in [1.165, 1.54) is 7.11 Å². The average Bonchev–Trinajstić information content (AvgIpc) is 2.65. The maximum Gasteiger partial charge on any atom is 0.329 e. The quantitative estimate of drug-likeness (QED) is 0.568. The normalized spacial score (nSPS) is 21.0. The van der Waals surface area contributed by atoms with Gasteiger partial charge >= 0.3 is 5.97 Å². The summed E-state index contributed by atoms with van der Waals surface area (Å²) in [5.74, 6) is 0.909. The predicted octanol–water partition coefficient (Wildman–Crippen LogP) is 0.846. The SMILES string of the molecule is COC(=O)C1CSCN1C(=O)CCBr. The molecule has 0 N–H and O–H groups in total. The van der Waals surface area contributed by atoms with Crippen LogP contribution in [0.15, 0.2) is 0 Å². The Morgan fingerprint density at radius 2 is 2.36 bits per heavy atom. The zero-order chi connectivity index (χ0) is 10.6. The third-order valence-corrected chi connectivity index (χ3v) is 3.39. The summed E-state index contributed by atoms with van der Waals surface area (Å²) in [6.07, 6.45) is 0.425. The number of carbonyl (C=O) groups excluding carboxylic acids is 2. The number of methoxy groups -OCH3 is 1. The highest BCUT2D eigenvalue weighted by Crippen LogP contribution is 2.22. The summed E-state index contributed by atoms with van der Waals surface area (Å²) >= 11 is 4.78. The second-order valence-corrected chi connectivity index (χ2v) is 4.63. The smallest absolute Gasteiger partial charge is 0.329 e. The Morgan fingerprint density at radius 1 is 1.64 bits per heavy atom. The van der Waals surface area contributed by atoms with Crippen LogP contribution in [0.2, 0.25) is 0 Å². The molecule has 1 saturated heterocycles. The van der Waals surface area contributed by atoms with Crippen molar-refractivity contribution in [1.29, 1.82) is 0 Å². The van der Waals surface area contributed by atoms with E-state index in [2.05, 4.69) is 20.7 Å². The molecule has 0 aromatic carbocycles. The first-order valence-electron chi connectivity index (χ1n) is 4.21. The van der Waals surface area contributed by atoms with Crippen molar-refractivity contribution < 1.29 is 14.3 Å². The molecule has 4 nitrogen and oxygen atoms in total. The Hall–Kier alpha value is -0.230. The maximum absolute atomic E-state index is 11.6. The molecule has 1 heterocycles. The highest BCUT2D eigenvalue weighted by Gasteiger charge is 2.34. The summed E-state index contributed by atoms with van der Waals surface area (Å²) in [6.45, 7) is 0. The van der Waals surface area contributed by atoms with Crippen LogP contribution in [-0.4, -0.2) is 46.9 Å². The van der Waals surface area contributed by atoms with Crippen molar-refractivity contribution in [3.63, 3.8) is 0 Å². The van der Waals surface area contributed by atoms with Gasteiger partial charge in [-0.3, -0.25) is 4.79 Å². The van der Waals surface area contributed by atoms with Crippen molar-refractivity contribution in [2.75, 3.05) is 24.1 Å². The monoisotopic (exact) mass is 281 g/mol. The Kier molecular flexibility index (Phi) is 4.74. The van der Waals surface area contributed by atoms with Crippen molar-refractivity contribution in [2.24, 2.45) is 0 Å². The molecule has 0 radical (unpaired) electrons. The Labute approximate surface area is 95.5 Å². The van der Waals surface area contributed by atoms with Crippen LogP contribution in [0.25, 0.3) is 0 Å². The number of ether oxygens (including phenoxy) is 1. The molecule has 14 heavy (non-hydrogen) atoms. The van der Waals surface area contributed by atoms with Crippen LogP contribution < -0.4 is 0 Å². The predicted molar refractivity (Wildman–Crippen MR) is 58.4 cm³/mol. The first-order chi connectivity index (χ1) is 6.70. The highest BCUT2D eigenvalue weighted by molar-refractivity contribution is 9.09.